The summed E-state index contributed by atoms with van der Waals surface area (Å²) in [6, 6.07) is 0. The van der Waals surface area contributed by atoms with Crippen molar-refractivity contribution in [2.24, 2.45) is 17.6 Å². The maximum absolute atomic E-state index is 12.7. The van der Waals surface area contributed by atoms with E-state index in [9.17, 15) is 24.3 Å². The van der Waals surface area contributed by atoms with Crippen LogP contribution in [-0.2, 0) is 14.3 Å². The molecule has 2 rings (SSSR count). The minimum atomic E-state index is -1.01. The van der Waals surface area contributed by atoms with Crippen LogP contribution in [0.25, 0.3) is 0 Å². The van der Waals surface area contributed by atoms with Crippen LogP contribution in [0.4, 0.5) is 5.00 Å². The molecule has 2 atom stereocenters. The number of hydrogen-bond donors (Lipinski definition) is 3. The van der Waals surface area contributed by atoms with Crippen LogP contribution in [0.15, 0.2) is 0 Å². The van der Waals surface area contributed by atoms with Gasteiger partial charge in [0.25, 0.3) is 5.91 Å². The Hall–Kier alpha value is -2.42. The Morgan fingerprint density at radius 2 is 1.78 bits per heavy atom. The number of thiophene rings is 1. The third-order valence-corrected chi connectivity index (χ3v) is 5.77. The van der Waals surface area contributed by atoms with Gasteiger partial charge in [0.15, 0.2) is 0 Å². The number of anilines is 1. The largest absolute Gasteiger partial charge is 0.481 e. The highest BCUT2D eigenvalue weighted by Gasteiger charge is 2.36. The summed E-state index contributed by atoms with van der Waals surface area (Å²) in [7, 11) is 0. The number of carbonyl (C=O) groups is 4. The predicted octanol–water partition coefficient (Wildman–Crippen LogP) is 2.55. The molecule has 1 aromatic rings. The van der Waals surface area contributed by atoms with Crippen molar-refractivity contribution in [1.29, 1.82) is 0 Å². The lowest BCUT2D eigenvalue weighted by atomic mass is 9.79. The van der Waals surface area contributed by atoms with Crippen molar-refractivity contribution in [3.05, 3.63) is 16.0 Å². The first kappa shape index (κ1) is 20.9. The van der Waals surface area contributed by atoms with E-state index in [1.807, 2.05) is 0 Å². The molecule has 2 amide bonds. The molecular weight excluding hydrogens is 372 g/mol. The zero-order valence-electron chi connectivity index (χ0n) is 15.5. The standard InChI is InChI=1S/C18H24N2O6S/c1-8(2)26-18(25)13-9(3)12(14(19)21)16(27-13)20-15(22)10-6-4-5-7-11(10)17(23)24/h8,10-11H,4-7H2,1-3H3,(H2,19,21)(H,20,22)(H,23,24)/t10-,11+/m0/s1. The van der Waals surface area contributed by atoms with E-state index >= 15 is 0 Å². The zero-order valence-corrected chi connectivity index (χ0v) is 16.4. The number of aliphatic carboxylic acids is 1. The number of carboxylic acids is 1. The van der Waals surface area contributed by atoms with E-state index in [2.05, 4.69) is 5.32 Å². The summed E-state index contributed by atoms with van der Waals surface area (Å²) < 4.78 is 5.16. The first-order valence-corrected chi connectivity index (χ1v) is 9.63. The van der Waals surface area contributed by atoms with Gasteiger partial charge < -0.3 is 20.9 Å². The molecule has 1 fully saturated rings. The van der Waals surface area contributed by atoms with Crippen LogP contribution < -0.4 is 11.1 Å². The Morgan fingerprint density at radius 1 is 1.19 bits per heavy atom. The van der Waals surface area contributed by atoms with Crippen molar-refractivity contribution in [1.82, 2.24) is 0 Å². The lowest BCUT2D eigenvalue weighted by molar-refractivity contribution is -0.147. The van der Waals surface area contributed by atoms with E-state index in [-0.39, 0.29) is 21.5 Å². The lowest BCUT2D eigenvalue weighted by Gasteiger charge is -2.27. The van der Waals surface area contributed by atoms with Gasteiger partial charge in [-0.3, -0.25) is 14.4 Å². The monoisotopic (exact) mass is 396 g/mol. The number of amides is 2. The molecule has 0 unspecified atom stereocenters. The molecule has 0 saturated heterocycles. The third-order valence-electron chi connectivity index (χ3n) is 4.58. The summed E-state index contributed by atoms with van der Waals surface area (Å²) in [6.45, 7) is 4.96. The third kappa shape index (κ3) is 4.65. The molecule has 1 aliphatic carbocycles. The van der Waals surface area contributed by atoms with E-state index in [1.54, 1.807) is 20.8 Å². The number of carbonyl (C=O) groups excluding carboxylic acids is 3. The minimum Gasteiger partial charge on any atom is -0.481 e. The molecule has 0 bridgehead atoms. The van der Waals surface area contributed by atoms with Crippen LogP contribution in [0.5, 0.6) is 0 Å². The van der Waals surface area contributed by atoms with Crippen LogP contribution in [0.1, 0.15) is 65.1 Å². The fourth-order valence-corrected chi connectivity index (χ4v) is 4.40. The molecule has 4 N–H and O–H groups in total. The van der Waals surface area contributed by atoms with Gasteiger partial charge in [0.1, 0.15) is 9.88 Å². The Labute approximate surface area is 161 Å². The molecule has 0 radical (unpaired) electrons. The molecule has 148 valence electrons. The average molecular weight is 396 g/mol. The molecule has 0 aromatic carbocycles. The summed E-state index contributed by atoms with van der Waals surface area (Å²) in [5.41, 5.74) is 5.82. The summed E-state index contributed by atoms with van der Waals surface area (Å²) in [5, 5.41) is 12.1. The van der Waals surface area contributed by atoms with E-state index < -0.39 is 35.6 Å². The smallest absolute Gasteiger partial charge is 0.348 e. The van der Waals surface area contributed by atoms with Crippen LogP contribution in [0.2, 0.25) is 0 Å². The highest BCUT2D eigenvalue weighted by atomic mass is 32.1. The second-order valence-corrected chi connectivity index (χ2v) is 7.92. The van der Waals surface area contributed by atoms with Crippen molar-refractivity contribution >= 4 is 40.1 Å². The SMILES string of the molecule is Cc1c(C(=O)OC(C)C)sc(NC(=O)[C@H]2CCCC[C@H]2C(=O)O)c1C(N)=O. The number of rotatable bonds is 6. The Kier molecular flexibility index (Phi) is 6.59. The molecule has 8 nitrogen and oxygen atoms in total. The van der Waals surface area contributed by atoms with E-state index in [0.29, 0.717) is 18.4 Å². The maximum Gasteiger partial charge on any atom is 0.348 e. The number of hydrogen-bond acceptors (Lipinski definition) is 6. The summed E-state index contributed by atoms with van der Waals surface area (Å²) in [5.74, 6) is -4.31. The highest BCUT2D eigenvalue weighted by molar-refractivity contribution is 7.18. The van der Waals surface area contributed by atoms with Gasteiger partial charge in [-0.15, -0.1) is 11.3 Å². The van der Waals surface area contributed by atoms with Gasteiger partial charge in [0.2, 0.25) is 5.91 Å². The van der Waals surface area contributed by atoms with Gasteiger partial charge in [-0.2, -0.15) is 0 Å². The van der Waals surface area contributed by atoms with Gasteiger partial charge in [0.05, 0.1) is 23.5 Å². The zero-order chi connectivity index (χ0) is 20.3. The van der Waals surface area contributed by atoms with Crippen molar-refractivity contribution in [2.45, 2.75) is 52.6 Å². The molecular formula is C18H24N2O6S. The molecule has 1 aliphatic rings. The Bertz CT molecular complexity index is 770. The molecule has 0 aliphatic heterocycles. The Morgan fingerprint density at radius 3 is 2.30 bits per heavy atom. The topological polar surface area (TPSA) is 136 Å². The van der Waals surface area contributed by atoms with Crippen LogP contribution >= 0.6 is 11.3 Å². The average Bonchev–Trinajstić information content (AvgIpc) is 2.90. The van der Waals surface area contributed by atoms with Crippen LogP contribution in [-0.4, -0.2) is 35.0 Å². The van der Waals surface area contributed by atoms with E-state index in [0.717, 1.165) is 24.2 Å². The molecule has 1 aromatic heterocycles. The normalized spacial score (nSPS) is 19.6. The van der Waals surface area contributed by atoms with Crippen LogP contribution in [0, 0.1) is 18.8 Å². The number of nitrogens with two attached hydrogens (primary N) is 1. The van der Waals surface area contributed by atoms with Crippen molar-refractivity contribution < 1.29 is 29.0 Å². The fraction of sp³-hybridized carbons (Fsp3) is 0.556. The first-order valence-electron chi connectivity index (χ1n) is 8.81. The highest BCUT2D eigenvalue weighted by Crippen LogP contribution is 2.36. The molecule has 1 saturated carbocycles. The molecule has 9 heteroatoms. The van der Waals surface area contributed by atoms with Gasteiger partial charge >= 0.3 is 11.9 Å². The number of ether oxygens (including phenoxy) is 1. The maximum atomic E-state index is 12.7. The summed E-state index contributed by atoms with van der Waals surface area (Å²) in [4.78, 5) is 48.4. The molecule has 0 spiro atoms. The number of carboxylic acid groups (broad SMARTS) is 1. The first-order chi connectivity index (χ1) is 12.6. The van der Waals surface area contributed by atoms with Gasteiger partial charge in [-0.1, -0.05) is 12.8 Å². The second kappa shape index (κ2) is 8.51. The van der Waals surface area contributed by atoms with E-state index in [1.165, 1.54) is 0 Å². The van der Waals surface area contributed by atoms with Gasteiger partial charge in [-0.25, -0.2) is 4.79 Å². The predicted molar refractivity (Wildman–Crippen MR) is 99.8 cm³/mol. The quantitative estimate of drug-likeness (QED) is 0.632. The summed E-state index contributed by atoms with van der Waals surface area (Å²) >= 11 is 0.912. The van der Waals surface area contributed by atoms with Crippen molar-refractivity contribution in [3.63, 3.8) is 0 Å². The fourth-order valence-electron chi connectivity index (χ4n) is 3.31. The van der Waals surface area contributed by atoms with Crippen LogP contribution in [0.3, 0.4) is 0 Å². The van der Waals surface area contributed by atoms with Crippen molar-refractivity contribution in [3.8, 4) is 0 Å². The van der Waals surface area contributed by atoms with Crippen molar-refractivity contribution in [2.75, 3.05) is 5.32 Å². The number of esters is 1. The number of primary amides is 1. The molecule has 27 heavy (non-hydrogen) atoms. The van der Waals surface area contributed by atoms with Gasteiger partial charge in [-0.05, 0) is 39.2 Å². The summed E-state index contributed by atoms with van der Waals surface area (Å²) in [6.07, 6.45) is 2.08. The minimum absolute atomic E-state index is 0.0479. The lowest BCUT2D eigenvalue weighted by Crippen LogP contribution is -2.36. The number of nitrogens with one attached hydrogen (secondary N) is 1. The second-order valence-electron chi connectivity index (χ2n) is 6.90. The molecule has 1 heterocycles. The Balaban J connectivity index is 2.31. The van der Waals surface area contributed by atoms with Gasteiger partial charge in [0, 0.05) is 0 Å². The van der Waals surface area contributed by atoms with E-state index in [4.69, 9.17) is 10.5 Å².